The predicted molar refractivity (Wildman–Crippen MR) is 94.8 cm³/mol. The van der Waals surface area contributed by atoms with Crippen molar-refractivity contribution in [3.05, 3.63) is 82.9 Å². The van der Waals surface area contributed by atoms with Gasteiger partial charge in [-0.1, -0.05) is 54.6 Å². The average Bonchev–Trinajstić information content (AvgIpc) is 3.11. The zero-order chi connectivity index (χ0) is 19.9. The van der Waals surface area contributed by atoms with E-state index < -0.39 is 17.8 Å². The molecule has 0 fully saturated rings. The standard InChI is InChI=1S/C20H13F3N4O/c21-20(22,23)17-16-15(14(10-24)18(25)28-19(16)27-26-17)13-8-6-12(7-9-13)11-4-2-1-3-5-11/h1-9,15H,25H2,(H,26,27)/t15-/m1/s1. The van der Waals surface area contributed by atoms with Crippen LogP contribution < -0.4 is 10.5 Å². The summed E-state index contributed by atoms with van der Waals surface area (Å²) in [6.45, 7) is 0. The van der Waals surface area contributed by atoms with E-state index in [0.717, 1.165) is 11.1 Å². The van der Waals surface area contributed by atoms with Crippen LogP contribution in [-0.4, -0.2) is 10.2 Å². The SMILES string of the molecule is N#CC1=C(N)Oc2n[nH]c(C(F)(F)F)c2[C@@H]1c1ccc(-c2ccccc2)cc1. The maximum atomic E-state index is 13.5. The number of nitrogens with zero attached hydrogens (tertiary/aromatic N) is 2. The van der Waals surface area contributed by atoms with Crippen molar-refractivity contribution < 1.29 is 17.9 Å². The number of halogens is 3. The largest absolute Gasteiger partial charge is 0.433 e. The van der Waals surface area contributed by atoms with Crippen LogP contribution in [0.2, 0.25) is 0 Å². The molecule has 3 aromatic rings. The van der Waals surface area contributed by atoms with Gasteiger partial charge in [0.05, 0.1) is 11.5 Å². The first kappa shape index (κ1) is 17.7. The van der Waals surface area contributed by atoms with Crippen LogP contribution >= 0.6 is 0 Å². The van der Waals surface area contributed by atoms with Crippen molar-refractivity contribution in [1.29, 1.82) is 5.26 Å². The quantitative estimate of drug-likeness (QED) is 0.691. The monoisotopic (exact) mass is 382 g/mol. The van der Waals surface area contributed by atoms with Gasteiger partial charge in [0.1, 0.15) is 17.3 Å². The molecule has 1 aliphatic rings. The van der Waals surface area contributed by atoms with E-state index in [2.05, 4.69) is 5.10 Å². The Balaban J connectivity index is 1.84. The zero-order valence-electron chi connectivity index (χ0n) is 14.3. The number of hydrogen-bond acceptors (Lipinski definition) is 4. The van der Waals surface area contributed by atoms with Gasteiger partial charge in [-0.25, -0.2) is 0 Å². The number of H-pyrrole nitrogens is 1. The lowest BCUT2D eigenvalue weighted by molar-refractivity contribution is -0.141. The molecule has 28 heavy (non-hydrogen) atoms. The first-order valence-electron chi connectivity index (χ1n) is 8.28. The Morgan fingerprint density at radius 3 is 2.29 bits per heavy atom. The van der Waals surface area contributed by atoms with E-state index in [9.17, 15) is 18.4 Å². The van der Waals surface area contributed by atoms with Crippen molar-refractivity contribution in [1.82, 2.24) is 10.2 Å². The molecule has 2 aromatic carbocycles. The van der Waals surface area contributed by atoms with E-state index >= 15 is 0 Å². The normalized spacial score (nSPS) is 16.3. The lowest BCUT2D eigenvalue weighted by Crippen LogP contribution is -2.22. The Kier molecular flexibility index (Phi) is 4.08. The fraction of sp³-hybridized carbons (Fsp3) is 0.100. The summed E-state index contributed by atoms with van der Waals surface area (Å²) in [5, 5.41) is 15.1. The third-order valence-electron chi connectivity index (χ3n) is 4.57. The van der Waals surface area contributed by atoms with Crippen LogP contribution in [0.3, 0.4) is 0 Å². The Bertz CT molecular complexity index is 1090. The van der Waals surface area contributed by atoms with Gasteiger partial charge < -0.3 is 10.5 Å². The highest BCUT2D eigenvalue weighted by molar-refractivity contribution is 5.65. The average molecular weight is 382 g/mol. The van der Waals surface area contributed by atoms with Crippen molar-refractivity contribution >= 4 is 0 Å². The lowest BCUT2D eigenvalue weighted by atomic mass is 9.83. The second kappa shape index (κ2) is 6.46. The first-order chi connectivity index (χ1) is 13.4. The van der Waals surface area contributed by atoms with Gasteiger partial charge >= 0.3 is 6.18 Å². The highest BCUT2D eigenvalue weighted by atomic mass is 19.4. The molecule has 0 unspecified atom stereocenters. The molecule has 5 nitrogen and oxygen atoms in total. The first-order valence-corrected chi connectivity index (χ1v) is 8.28. The molecule has 0 bridgehead atoms. The minimum absolute atomic E-state index is 0.0909. The van der Waals surface area contributed by atoms with Crippen molar-refractivity contribution in [3.8, 4) is 23.1 Å². The molecule has 0 amide bonds. The molecule has 2 heterocycles. The molecule has 4 rings (SSSR count). The Morgan fingerprint density at radius 2 is 1.68 bits per heavy atom. The highest BCUT2D eigenvalue weighted by Crippen LogP contribution is 2.47. The fourth-order valence-corrected chi connectivity index (χ4v) is 3.29. The van der Waals surface area contributed by atoms with E-state index in [0.29, 0.717) is 5.56 Å². The van der Waals surface area contributed by atoms with Crippen LogP contribution in [0.5, 0.6) is 5.88 Å². The number of benzene rings is 2. The number of nitrogens with two attached hydrogens (primary N) is 1. The van der Waals surface area contributed by atoms with E-state index in [1.54, 1.807) is 24.3 Å². The number of alkyl halides is 3. The van der Waals surface area contributed by atoms with Gasteiger partial charge in [0, 0.05) is 0 Å². The molecule has 140 valence electrons. The van der Waals surface area contributed by atoms with E-state index in [1.165, 1.54) is 0 Å². The van der Waals surface area contributed by atoms with Gasteiger partial charge in [-0.3, -0.25) is 5.10 Å². The predicted octanol–water partition coefficient (Wildman–Crippen LogP) is 4.31. The number of nitrogens with one attached hydrogen (secondary N) is 1. The summed E-state index contributed by atoms with van der Waals surface area (Å²) in [6, 6.07) is 18.4. The summed E-state index contributed by atoms with van der Waals surface area (Å²) in [5.41, 5.74) is 6.73. The van der Waals surface area contributed by atoms with Crippen LogP contribution in [-0.2, 0) is 6.18 Å². The van der Waals surface area contributed by atoms with Crippen molar-refractivity contribution in [2.45, 2.75) is 12.1 Å². The van der Waals surface area contributed by atoms with Gasteiger partial charge in [0.2, 0.25) is 11.8 Å². The molecule has 1 aliphatic heterocycles. The minimum atomic E-state index is -4.68. The summed E-state index contributed by atoms with van der Waals surface area (Å²) in [6.07, 6.45) is -4.68. The smallest absolute Gasteiger partial charge is 0.420 e. The number of nitriles is 1. The molecule has 3 N–H and O–H groups in total. The molecule has 0 saturated carbocycles. The third-order valence-corrected chi connectivity index (χ3v) is 4.57. The van der Waals surface area contributed by atoms with Crippen LogP contribution in [0.15, 0.2) is 66.1 Å². The van der Waals surface area contributed by atoms with E-state index in [1.807, 2.05) is 41.5 Å². The van der Waals surface area contributed by atoms with E-state index in [-0.39, 0.29) is 22.9 Å². The molecular weight excluding hydrogens is 369 g/mol. The number of aromatic amines is 1. The zero-order valence-corrected chi connectivity index (χ0v) is 14.3. The van der Waals surface area contributed by atoms with Crippen molar-refractivity contribution in [3.63, 3.8) is 0 Å². The number of aromatic nitrogens is 2. The molecule has 1 aromatic heterocycles. The highest BCUT2D eigenvalue weighted by Gasteiger charge is 2.44. The van der Waals surface area contributed by atoms with Gasteiger partial charge in [0.15, 0.2) is 0 Å². The Hall–Kier alpha value is -3.73. The maximum absolute atomic E-state index is 13.5. The molecule has 0 saturated heterocycles. The van der Waals surface area contributed by atoms with Crippen LogP contribution in [0.4, 0.5) is 13.2 Å². The lowest BCUT2D eigenvalue weighted by Gasteiger charge is -2.24. The summed E-state index contributed by atoms with van der Waals surface area (Å²) in [7, 11) is 0. The molecule has 0 radical (unpaired) electrons. The number of ether oxygens (including phenoxy) is 1. The Labute approximate surface area is 157 Å². The number of fused-ring (bicyclic) bond motifs is 1. The van der Waals surface area contributed by atoms with Crippen molar-refractivity contribution in [2.24, 2.45) is 5.73 Å². The fourth-order valence-electron chi connectivity index (χ4n) is 3.29. The van der Waals surface area contributed by atoms with Crippen LogP contribution in [0.25, 0.3) is 11.1 Å². The molecule has 1 atom stereocenters. The molecule has 0 aliphatic carbocycles. The third kappa shape index (κ3) is 2.87. The van der Waals surface area contributed by atoms with Gasteiger partial charge in [-0.05, 0) is 16.7 Å². The molecule has 0 spiro atoms. The van der Waals surface area contributed by atoms with Gasteiger partial charge in [0.25, 0.3) is 0 Å². The van der Waals surface area contributed by atoms with Gasteiger partial charge in [-0.15, -0.1) is 5.10 Å². The number of rotatable bonds is 2. The molecular formula is C20H13F3N4O. The topological polar surface area (TPSA) is 87.7 Å². The summed E-state index contributed by atoms with van der Waals surface area (Å²) >= 11 is 0. The maximum Gasteiger partial charge on any atom is 0.433 e. The van der Waals surface area contributed by atoms with Crippen LogP contribution in [0.1, 0.15) is 22.7 Å². The number of hydrogen-bond donors (Lipinski definition) is 2. The minimum Gasteiger partial charge on any atom is -0.420 e. The molecule has 8 heteroatoms. The second-order valence-corrected chi connectivity index (χ2v) is 6.23. The summed E-state index contributed by atoms with van der Waals surface area (Å²) < 4.78 is 45.5. The summed E-state index contributed by atoms with van der Waals surface area (Å²) in [4.78, 5) is 0. The van der Waals surface area contributed by atoms with Gasteiger partial charge in [-0.2, -0.15) is 18.4 Å². The van der Waals surface area contributed by atoms with Crippen molar-refractivity contribution in [2.75, 3.05) is 0 Å². The summed E-state index contributed by atoms with van der Waals surface area (Å²) in [5.74, 6) is -1.57. The second-order valence-electron chi connectivity index (χ2n) is 6.23. The van der Waals surface area contributed by atoms with E-state index in [4.69, 9.17) is 10.5 Å². The van der Waals surface area contributed by atoms with Crippen LogP contribution in [0, 0.1) is 11.3 Å². The Morgan fingerprint density at radius 1 is 1.04 bits per heavy atom. The number of allylic oxidation sites excluding steroid dienone is 1.